The van der Waals surface area contributed by atoms with E-state index in [9.17, 15) is 9.18 Å². The van der Waals surface area contributed by atoms with E-state index in [0.29, 0.717) is 64.5 Å². The lowest BCUT2D eigenvalue weighted by atomic mass is 9.88. The number of rotatable bonds is 7. The van der Waals surface area contributed by atoms with Gasteiger partial charge in [-0.2, -0.15) is 0 Å². The van der Waals surface area contributed by atoms with Crippen molar-refractivity contribution >= 4 is 58.0 Å². The molecule has 3 N–H and O–H groups in total. The van der Waals surface area contributed by atoms with Gasteiger partial charge < -0.3 is 20.5 Å². The number of amides is 2. The number of pyridine rings is 2. The molecular weight excluding hydrogens is 642 g/mol. The first-order valence-corrected chi connectivity index (χ1v) is 15.5. The fourth-order valence-electron chi connectivity index (χ4n) is 5.68. The van der Waals surface area contributed by atoms with E-state index in [-0.39, 0.29) is 34.2 Å². The molecule has 0 radical (unpaired) electrons. The summed E-state index contributed by atoms with van der Waals surface area (Å²) >= 11 is 18.7. The molecule has 2 aliphatic rings. The first-order valence-electron chi connectivity index (χ1n) is 14.4. The number of methoxy groups -OCH3 is 1. The second kappa shape index (κ2) is 13.9. The molecule has 0 bridgehead atoms. The Balaban J connectivity index is 0.00000128. The summed E-state index contributed by atoms with van der Waals surface area (Å²) in [5.41, 5.74) is 10.2. The maximum Gasteiger partial charge on any atom is 0.251 e. The van der Waals surface area contributed by atoms with Crippen LogP contribution in [0.4, 0.5) is 4.39 Å². The highest BCUT2D eigenvalue weighted by atomic mass is 35.5. The van der Waals surface area contributed by atoms with Gasteiger partial charge in [-0.1, -0.05) is 41.7 Å². The predicted octanol–water partition coefficient (Wildman–Crippen LogP) is 7.37. The van der Waals surface area contributed by atoms with Gasteiger partial charge in [0.05, 0.1) is 46.8 Å². The number of nitrogens with zero attached hydrogens (tertiary/aromatic N) is 2. The minimum absolute atomic E-state index is 0.0134. The number of ether oxygens (including phenoxy) is 2. The fraction of sp³-hybridized carbons (Fsp3) is 0.333. The first kappa shape index (κ1) is 32.9. The van der Waals surface area contributed by atoms with Crippen molar-refractivity contribution in [1.82, 2.24) is 15.3 Å². The summed E-state index contributed by atoms with van der Waals surface area (Å²) in [6.07, 6.45) is 2.35. The van der Waals surface area contributed by atoms with Crippen molar-refractivity contribution in [3.63, 3.8) is 0 Å². The second-order valence-electron chi connectivity index (χ2n) is 11.2. The molecule has 0 saturated heterocycles. The van der Waals surface area contributed by atoms with Gasteiger partial charge >= 0.3 is 0 Å². The highest BCUT2D eigenvalue weighted by molar-refractivity contribution is 6.35. The summed E-state index contributed by atoms with van der Waals surface area (Å²) in [4.78, 5) is 31.7. The monoisotopic (exact) mass is 672 g/mol. The SMILES string of the molecule is COc1cc(C(=O)NCC(c2cc3c(c(-c4cc(Cl)c(F)c(Cl)c4)n2)COCC3C)C2CC2)cc2cc(Cl)c(C)nc12.NC=O. The second-order valence-corrected chi connectivity index (χ2v) is 12.5. The molecule has 2 amide bonds. The van der Waals surface area contributed by atoms with Crippen LogP contribution in [-0.2, 0) is 16.1 Å². The number of aromatic nitrogens is 2. The molecule has 236 valence electrons. The van der Waals surface area contributed by atoms with Crippen LogP contribution in [0.2, 0.25) is 15.1 Å². The molecule has 45 heavy (non-hydrogen) atoms. The van der Waals surface area contributed by atoms with E-state index >= 15 is 0 Å². The van der Waals surface area contributed by atoms with Crippen molar-refractivity contribution in [2.75, 3.05) is 20.3 Å². The zero-order valence-corrected chi connectivity index (χ0v) is 27.2. The quantitative estimate of drug-likeness (QED) is 0.156. The maximum absolute atomic E-state index is 14.3. The normalized spacial score (nSPS) is 16.3. The lowest BCUT2D eigenvalue weighted by molar-refractivity contribution is -0.106. The van der Waals surface area contributed by atoms with Gasteiger partial charge in [0.25, 0.3) is 5.91 Å². The Morgan fingerprint density at radius 3 is 2.47 bits per heavy atom. The lowest BCUT2D eigenvalue weighted by Gasteiger charge is -2.28. The number of primary amides is 1. The van der Waals surface area contributed by atoms with Crippen molar-refractivity contribution < 1.29 is 23.5 Å². The third-order valence-electron chi connectivity index (χ3n) is 8.13. The van der Waals surface area contributed by atoms with E-state index < -0.39 is 5.82 Å². The van der Waals surface area contributed by atoms with Crippen LogP contribution in [0.5, 0.6) is 5.75 Å². The van der Waals surface area contributed by atoms with Gasteiger partial charge in [-0.15, -0.1) is 0 Å². The molecule has 8 nitrogen and oxygen atoms in total. The topological polar surface area (TPSA) is 116 Å². The van der Waals surface area contributed by atoms with Crippen LogP contribution in [0.15, 0.2) is 36.4 Å². The van der Waals surface area contributed by atoms with Crippen molar-refractivity contribution in [2.24, 2.45) is 11.7 Å². The Kier molecular flexibility index (Phi) is 10.1. The summed E-state index contributed by atoms with van der Waals surface area (Å²) in [7, 11) is 1.55. The summed E-state index contributed by atoms with van der Waals surface area (Å²) in [5.74, 6) is 0.134. The standard InChI is InChI=1S/C32H29Cl3FN3O3.CH3NO/c1-15-13-42-14-23-21(15)11-27(39-30(23)19-8-25(34)29(36)26(35)9-19)22(17-4-5-17)12-37-32(40)20-6-18-7-24(33)16(2)38-31(18)28(10-20)41-3;2-1-3/h6-11,15,17,22H,4-5,12-14H2,1-3H3,(H,37,40);1H,(H2,2,3). The molecule has 4 aromatic rings. The Labute approximate surface area is 275 Å². The number of benzene rings is 2. The van der Waals surface area contributed by atoms with Crippen LogP contribution in [0.3, 0.4) is 0 Å². The van der Waals surface area contributed by atoms with E-state index in [1.165, 1.54) is 0 Å². The van der Waals surface area contributed by atoms with E-state index in [4.69, 9.17) is 54.1 Å². The van der Waals surface area contributed by atoms with Gasteiger partial charge in [0.2, 0.25) is 6.41 Å². The number of hydrogen-bond acceptors (Lipinski definition) is 6. The van der Waals surface area contributed by atoms with E-state index in [2.05, 4.69) is 29.0 Å². The molecule has 1 aliphatic carbocycles. The van der Waals surface area contributed by atoms with Gasteiger partial charge in [0.15, 0.2) is 5.82 Å². The number of aryl methyl sites for hydroxylation is 1. The largest absolute Gasteiger partial charge is 0.494 e. The number of halogens is 4. The average molecular weight is 674 g/mol. The van der Waals surface area contributed by atoms with Gasteiger partial charge in [-0.25, -0.2) is 9.37 Å². The number of hydrogen-bond donors (Lipinski definition) is 2. The Bertz CT molecular complexity index is 1760. The molecule has 1 aliphatic heterocycles. The summed E-state index contributed by atoms with van der Waals surface area (Å²) < 4.78 is 25.7. The molecule has 12 heteroatoms. The van der Waals surface area contributed by atoms with Crippen molar-refractivity contribution in [3.8, 4) is 17.0 Å². The zero-order chi connectivity index (χ0) is 32.4. The minimum atomic E-state index is -0.659. The zero-order valence-electron chi connectivity index (χ0n) is 24.9. The smallest absolute Gasteiger partial charge is 0.251 e. The number of carbonyl (C=O) groups is 2. The summed E-state index contributed by atoms with van der Waals surface area (Å²) in [5, 5.41) is 4.25. The number of fused-ring (bicyclic) bond motifs is 2. The van der Waals surface area contributed by atoms with E-state index in [1.54, 1.807) is 37.4 Å². The highest BCUT2D eigenvalue weighted by Crippen LogP contribution is 2.44. The summed E-state index contributed by atoms with van der Waals surface area (Å²) in [6, 6.07) is 10.5. The van der Waals surface area contributed by atoms with Crippen LogP contribution < -0.4 is 15.8 Å². The molecular formula is C33H32Cl3FN4O4. The average Bonchev–Trinajstić information content (AvgIpc) is 3.85. The first-order chi connectivity index (χ1) is 21.6. The molecule has 2 aromatic heterocycles. The van der Waals surface area contributed by atoms with Gasteiger partial charge in [-0.3, -0.25) is 14.6 Å². The summed E-state index contributed by atoms with van der Waals surface area (Å²) in [6.45, 7) is 5.32. The van der Waals surface area contributed by atoms with E-state index in [0.717, 1.165) is 35.0 Å². The van der Waals surface area contributed by atoms with E-state index in [1.807, 2.05) is 6.92 Å². The predicted molar refractivity (Wildman–Crippen MR) is 174 cm³/mol. The van der Waals surface area contributed by atoms with Crippen LogP contribution >= 0.6 is 34.8 Å². The van der Waals surface area contributed by atoms with Gasteiger partial charge in [0.1, 0.15) is 11.3 Å². The number of nitrogens with one attached hydrogen (secondary N) is 1. The molecule has 2 aromatic carbocycles. The van der Waals surface area contributed by atoms with Crippen LogP contribution in [0, 0.1) is 18.7 Å². The van der Waals surface area contributed by atoms with Crippen molar-refractivity contribution in [1.29, 1.82) is 0 Å². The van der Waals surface area contributed by atoms with Gasteiger partial charge in [-0.05, 0) is 67.6 Å². The van der Waals surface area contributed by atoms with Crippen molar-refractivity contribution in [2.45, 2.75) is 45.1 Å². The highest BCUT2D eigenvalue weighted by Gasteiger charge is 2.35. The molecule has 2 unspecified atom stereocenters. The third kappa shape index (κ3) is 7.02. The maximum atomic E-state index is 14.3. The van der Waals surface area contributed by atoms with Crippen LogP contribution in [0.1, 0.15) is 64.5 Å². The van der Waals surface area contributed by atoms with Crippen molar-refractivity contribution in [3.05, 3.63) is 85.4 Å². The molecule has 2 atom stereocenters. The molecule has 1 saturated carbocycles. The van der Waals surface area contributed by atoms with Crippen LogP contribution in [0.25, 0.3) is 22.2 Å². The Morgan fingerprint density at radius 2 is 1.82 bits per heavy atom. The Morgan fingerprint density at radius 1 is 1.13 bits per heavy atom. The molecule has 6 rings (SSSR count). The number of nitrogens with two attached hydrogens (primary N) is 1. The number of carbonyl (C=O) groups excluding carboxylic acids is 2. The third-order valence-corrected chi connectivity index (χ3v) is 9.06. The fourth-order valence-corrected chi connectivity index (χ4v) is 6.32. The molecule has 0 spiro atoms. The molecule has 3 heterocycles. The lowest BCUT2D eigenvalue weighted by Crippen LogP contribution is -2.30. The van der Waals surface area contributed by atoms with Crippen LogP contribution in [-0.4, -0.2) is 42.5 Å². The Hall–Kier alpha value is -3.50. The van der Waals surface area contributed by atoms with Gasteiger partial charge in [0, 0.05) is 46.2 Å². The molecule has 1 fully saturated rings. The minimum Gasteiger partial charge on any atom is -0.494 e.